The van der Waals surface area contributed by atoms with E-state index in [0.717, 1.165) is 16.1 Å². The number of amides is 2. The van der Waals surface area contributed by atoms with Crippen LogP contribution in [-0.2, 0) is 32.6 Å². The molecule has 3 rings (SSSR count). The fourth-order valence-electron chi connectivity index (χ4n) is 4.06. The number of nitrogens with one attached hydrogen (secondary N) is 1. The SMILES string of the molecule is CC(C)(C)NC(=O)[C@H](Cc1ccccc1)N(Cc1ccccc1Cl)C(=O)CN(c1cccc(Br)c1)S(C)(=O)=O. The number of nitrogens with zero attached hydrogens (tertiary/aromatic N) is 2. The Morgan fingerprint density at radius 1 is 0.974 bits per heavy atom. The van der Waals surface area contributed by atoms with Crippen molar-refractivity contribution in [2.75, 3.05) is 17.1 Å². The Balaban J connectivity index is 2.09. The van der Waals surface area contributed by atoms with Crippen molar-refractivity contribution in [1.29, 1.82) is 0 Å². The van der Waals surface area contributed by atoms with Gasteiger partial charge in [-0.2, -0.15) is 0 Å². The normalized spacial score (nSPS) is 12.5. The van der Waals surface area contributed by atoms with Gasteiger partial charge >= 0.3 is 0 Å². The maximum atomic E-state index is 14.1. The van der Waals surface area contributed by atoms with Crippen molar-refractivity contribution in [2.24, 2.45) is 0 Å². The lowest BCUT2D eigenvalue weighted by Gasteiger charge is -2.35. The number of benzene rings is 3. The number of anilines is 1. The summed E-state index contributed by atoms with van der Waals surface area (Å²) in [6.45, 7) is 5.12. The molecule has 208 valence electrons. The maximum absolute atomic E-state index is 14.1. The van der Waals surface area contributed by atoms with Gasteiger partial charge in [-0.15, -0.1) is 0 Å². The fourth-order valence-corrected chi connectivity index (χ4v) is 5.49. The second-order valence-electron chi connectivity index (χ2n) is 10.3. The van der Waals surface area contributed by atoms with Gasteiger partial charge in [0.2, 0.25) is 21.8 Å². The molecule has 0 unspecified atom stereocenters. The molecular formula is C29H33BrClN3O4S. The molecule has 0 saturated heterocycles. The predicted molar refractivity (Wildman–Crippen MR) is 160 cm³/mol. The Hall–Kier alpha value is -2.88. The first kappa shape index (κ1) is 30.7. The Morgan fingerprint density at radius 2 is 1.62 bits per heavy atom. The minimum atomic E-state index is -3.84. The van der Waals surface area contributed by atoms with E-state index in [-0.39, 0.29) is 18.9 Å². The van der Waals surface area contributed by atoms with Crippen LogP contribution in [0.2, 0.25) is 5.02 Å². The third-order valence-electron chi connectivity index (χ3n) is 5.84. The van der Waals surface area contributed by atoms with Crippen LogP contribution >= 0.6 is 27.5 Å². The molecule has 0 aliphatic heterocycles. The van der Waals surface area contributed by atoms with Gasteiger partial charge in [-0.25, -0.2) is 8.42 Å². The average molecular weight is 635 g/mol. The minimum Gasteiger partial charge on any atom is -0.350 e. The standard InChI is InChI=1S/C29H33BrClN3O4S/c1-29(2,3)32-28(36)26(17-21-11-6-5-7-12-21)33(19-22-13-8-9-16-25(22)31)27(35)20-34(39(4,37)38)24-15-10-14-23(30)18-24/h5-16,18,26H,17,19-20H2,1-4H3,(H,32,36)/t26-/m0/s1. The summed E-state index contributed by atoms with van der Waals surface area (Å²) < 4.78 is 27.4. The van der Waals surface area contributed by atoms with E-state index in [1.807, 2.05) is 51.1 Å². The smallest absolute Gasteiger partial charge is 0.244 e. The molecule has 2 amide bonds. The van der Waals surface area contributed by atoms with Crippen LogP contribution in [0, 0.1) is 0 Å². The second-order valence-corrected chi connectivity index (χ2v) is 13.5. The van der Waals surface area contributed by atoms with Crippen LogP contribution in [0.3, 0.4) is 0 Å². The van der Waals surface area contributed by atoms with Crippen molar-refractivity contribution in [2.45, 2.75) is 45.3 Å². The molecule has 3 aromatic carbocycles. The number of halogens is 2. The van der Waals surface area contributed by atoms with Gasteiger partial charge in [0.1, 0.15) is 12.6 Å². The summed E-state index contributed by atoms with van der Waals surface area (Å²) >= 11 is 9.83. The summed E-state index contributed by atoms with van der Waals surface area (Å²) in [6, 6.07) is 22.2. The van der Waals surface area contributed by atoms with Gasteiger partial charge in [-0.3, -0.25) is 13.9 Å². The van der Waals surface area contributed by atoms with Gasteiger partial charge in [0.25, 0.3) is 0 Å². The summed E-state index contributed by atoms with van der Waals surface area (Å²) in [4.78, 5) is 29.2. The zero-order chi connectivity index (χ0) is 28.8. The molecule has 0 spiro atoms. The van der Waals surface area contributed by atoms with Gasteiger partial charge in [0, 0.05) is 28.0 Å². The summed E-state index contributed by atoms with van der Waals surface area (Å²) in [7, 11) is -3.84. The van der Waals surface area contributed by atoms with E-state index < -0.39 is 34.1 Å². The zero-order valence-corrected chi connectivity index (χ0v) is 25.6. The monoisotopic (exact) mass is 633 g/mol. The Bertz CT molecular complexity index is 1410. The molecule has 1 N–H and O–H groups in total. The van der Waals surface area contributed by atoms with Crippen LogP contribution in [-0.4, -0.2) is 49.5 Å². The van der Waals surface area contributed by atoms with E-state index in [4.69, 9.17) is 11.6 Å². The maximum Gasteiger partial charge on any atom is 0.244 e. The molecule has 0 aliphatic carbocycles. The number of carbonyl (C=O) groups excluding carboxylic acids is 2. The lowest BCUT2D eigenvalue weighted by Crippen LogP contribution is -2.56. The highest BCUT2D eigenvalue weighted by Gasteiger charge is 2.34. The van der Waals surface area contributed by atoms with E-state index in [9.17, 15) is 18.0 Å². The largest absolute Gasteiger partial charge is 0.350 e. The van der Waals surface area contributed by atoms with Crippen molar-refractivity contribution in [1.82, 2.24) is 10.2 Å². The summed E-state index contributed by atoms with van der Waals surface area (Å²) in [5.74, 6) is -0.884. The number of rotatable bonds is 10. The number of hydrogen-bond donors (Lipinski definition) is 1. The molecule has 0 bridgehead atoms. The van der Waals surface area contributed by atoms with Gasteiger partial charge in [-0.05, 0) is 56.2 Å². The van der Waals surface area contributed by atoms with Crippen LogP contribution in [0.4, 0.5) is 5.69 Å². The quantitative estimate of drug-likeness (QED) is 0.323. The lowest BCUT2D eigenvalue weighted by molar-refractivity contribution is -0.140. The molecule has 1 atom stereocenters. The summed E-state index contributed by atoms with van der Waals surface area (Å²) in [6.07, 6.45) is 1.28. The first-order chi connectivity index (χ1) is 18.2. The van der Waals surface area contributed by atoms with E-state index in [1.54, 1.807) is 48.5 Å². The third-order valence-corrected chi connectivity index (χ3v) is 7.85. The van der Waals surface area contributed by atoms with Crippen LogP contribution < -0.4 is 9.62 Å². The van der Waals surface area contributed by atoms with Crippen molar-refractivity contribution in [3.05, 3.63) is 99.5 Å². The van der Waals surface area contributed by atoms with Crippen LogP contribution in [0.1, 0.15) is 31.9 Å². The second kappa shape index (κ2) is 13.0. The average Bonchev–Trinajstić information content (AvgIpc) is 2.84. The minimum absolute atomic E-state index is 0.0175. The Morgan fingerprint density at radius 3 is 2.21 bits per heavy atom. The fraction of sp³-hybridized carbons (Fsp3) is 0.310. The van der Waals surface area contributed by atoms with Crippen molar-refractivity contribution in [3.8, 4) is 0 Å². The van der Waals surface area contributed by atoms with E-state index in [1.165, 1.54) is 4.90 Å². The van der Waals surface area contributed by atoms with E-state index in [0.29, 0.717) is 20.7 Å². The molecular weight excluding hydrogens is 602 g/mol. The first-order valence-electron chi connectivity index (χ1n) is 12.4. The number of carbonyl (C=O) groups is 2. The van der Waals surface area contributed by atoms with Gasteiger partial charge in [0.15, 0.2) is 0 Å². The summed E-state index contributed by atoms with van der Waals surface area (Å²) in [5, 5.41) is 3.44. The van der Waals surface area contributed by atoms with Crippen LogP contribution in [0.15, 0.2) is 83.3 Å². The van der Waals surface area contributed by atoms with Crippen molar-refractivity contribution < 1.29 is 18.0 Å². The molecule has 39 heavy (non-hydrogen) atoms. The number of hydrogen-bond acceptors (Lipinski definition) is 4. The van der Waals surface area contributed by atoms with Crippen molar-refractivity contribution >= 4 is 55.1 Å². The molecule has 0 radical (unpaired) electrons. The predicted octanol–water partition coefficient (Wildman–Crippen LogP) is 5.42. The molecule has 10 heteroatoms. The molecule has 0 aliphatic rings. The molecule has 0 heterocycles. The highest BCUT2D eigenvalue weighted by Crippen LogP contribution is 2.25. The highest BCUT2D eigenvalue weighted by molar-refractivity contribution is 9.10. The molecule has 7 nitrogen and oxygen atoms in total. The lowest BCUT2D eigenvalue weighted by atomic mass is 10.0. The zero-order valence-electron chi connectivity index (χ0n) is 22.4. The highest BCUT2D eigenvalue weighted by atomic mass is 79.9. The van der Waals surface area contributed by atoms with Gasteiger partial charge < -0.3 is 10.2 Å². The van der Waals surface area contributed by atoms with E-state index in [2.05, 4.69) is 21.2 Å². The van der Waals surface area contributed by atoms with Crippen molar-refractivity contribution in [3.63, 3.8) is 0 Å². The van der Waals surface area contributed by atoms with Crippen LogP contribution in [0.5, 0.6) is 0 Å². The molecule has 0 saturated carbocycles. The Kier molecular flexibility index (Phi) is 10.2. The van der Waals surface area contributed by atoms with Gasteiger partial charge in [0.05, 0.1) is 11.9 Å². The van der Waals surface area contributed by atoms with E-state index >= 15 is 0 Å². The number of sulfonamides is 1. The molecule has 0 fully saturated rings. The molecule has 3 aromatic rings. The molecule has 0 aromatic heterocycles. The summed E-state index contributed by atoms with van der Waals surface area (Å²) in [5.41, 5.74) is 1.27. The topological polar surface area (TPSA) is 86.8 Å². The van der Waals surface area contributed by atoms with Gasteiger partial charge in [-0.1, -0.05) is 82.1 Å². The third kappa shape index (κ3) is 9.08. The first-order valence-corrected chi connectivity index (χ1v) is 15.4. The van der Waals surface area contributed by atoms with Crippen LogP contribution in [0.25, 0.3) is 0 Å². The Labute approximate surface area is 244 Å².